The van der Waals surface area contributed by atoms with E-state index < -0.39 is 5.91 Å². The summed E-state index contributed by atoms with van der Waals surface area (Å²) in [5.74, 6) is 0.442. The largest absolute Gasteiger partial charge is 0.490 e. The molecule has 0 aliphatic carbocycles. The fraction of sp³-hybridized carbons (Fsp3) is 0.261. The van der Waals surface area contributed by atoms with Crippen molar-refractivity contribution in [3.8, 4) is 11.5 Å². The van der Waals surface area contributed by atoms with Crippen molar-refractivity contribution < 1.29 is 19.1 Å². The highest BCUT2D eigenvalue weighted by molar-refractivity contribution is 9.10. The maximum absolute atomic E-state index is 12.9. The molecule has 2 aromatic carbocycles. The topological polar surface area (TPSA) is 67.9 Å². The summed E-state index contributed by atoms with van der Waals surface area (Å²) in [5, 5.41) is 1.10. The Hall–Kier alpha value is -2.36. The van der Waals surface area contributed by atoms with Gasteiger partial charge in [0, 0.05) is 5.56 Å². The molecular formula is C23H23BrN2O4S2. The number of ether oxygens (including phenoxy) is 2. The van der Waals surface area contributed by atoms with Gasteiger partial charge in [-0.2, -0.15) is 5.01 Å². The Kier molecular flexibility index (Phi) is 8.72. The van der Waals surface area contributed by atoms with Crippen LogP contribution in [0.4, 0.5) is 0 Å². The molecule has 1 heterocycles. The SMILES string of the molecule is CCCCOc1c(Br)cc(/C=C2\SC(=S)N(NC(=O)c3ccccc3)C2=O)cc1OCC. The zero-order chi connectivity index (χ0) is 23.1. The molecule has 6 nitrogen and oxygen atoms in total. The predicted octanol–water partition coefficient (Wildman–Crippen LogP) is 5.57. The van der Waals surface area contributed by atoms with Gasteiger partial charge < -0.3 is 9.47 Å². The molecule has 1 N–H and O–H groups in total. The van der Waals surface area contributed by atoms with Crippen molar-refractivity contribution in [2.45, 2.75) is 26.7 Å². The van der Waals surface area contributed by atoms with Gasteiger partial charge in [-0.3, -0.25) is 15.0 Å². The smallest absolute Gasteiger partial charge is 0.285 e. The second-order valence-corrected chi connectivity index (χ2v) is 9.32. The molecular weight excluding hydrogens is 512 g/mol. The van der Waals surface area contributed by atoms with Crippen molar-refractivity contribution in [2.75, 3.05) is 13.2 Å². The number of hydrazine groups is 1. The average Bonchev–Trinajstić information content (AvgIpc) is 3.03. The van der Waals surface area contributed by atoms with Crippen molar-refractivity contribution in [2.24, 2.45) is 0 Å². The van der Waals surface area contributed by atoms with E-state index >= 15 is 0 Å². The van der Waals surface area contributed by atoms with E-state index in [1.54, 1.807) is 30.3 Å². The van der Waals surface area contributed by atoms with Crippen LogP contribution in [0.5, 0.6) is 11.5 Å². The number of unbranched alkanes of at least 4 members (excludes halogenated alkanes) is 1. The number of thioether (sulfide) groups is 1. The predicted molar refractivity (Wildman–Crippen MR) is 135 cm³/mol. The van der Waals surface area contributed by atoms with Crippen LogP contribution >= 0.6 is 39.9 Å². The highest BCUT2D eigenvalue weighted by atomic mass is 79.9. The quantitative estimate of drug-likeness (QED) is 0.257. The molecule has 0 saturated carbocycles. The maximum Gasteiger partial charge on any atom is 0.285 e. The minimum atomic E-state index is -0.405. The van der Waals surface area contributed by atoms with Crippen LogP contribution in [0.3, 0.4) is 0 Å². The molecule has 0 spiro atoms. The number of carbonyl (C=O) groups is 2. The van der Waals surface area contributed by atoms with Gasteiger partial charge in [-0.05, 0) is 77.4 Å². The van der Waals surface area contributed by atoms with Crippen LogP contribution in [-0.2, 0) is 4.79 Å². The molecule has 9 heteroatoms. The van der Waals surface area contributed by atoms with Crippen molar-refractivity contribution in [3.63, 3.8) is 0 Å². The Balaban J connectivity index is 1.81. The lowest BCUT2D eigenvalue weighted by atomic mass is 10.2. The molecule has 1 fully saturated rings. The summed E-state index contributed by atoms with van der Waals surface area (Å²) in [6, 6.07) is 12.3. The van der Waals surface area contributed by atoms with Crippen molar-refractivity contribution in [1.82, 2.24) is 10.4 Å². The van der Waals surface area contributed by atoms with Gasteiger partial charge >= 0.3 is 0 Å². The van der Waals surface area contributed by atoms with Crippen molar-refractivity contribution in [1.29, 1.82) is 0 Å². The number of nitrogens with one attached hydrogen (secondary N) is 1. The van der Waals surface area contributed by atoms with Crippen LogP contribution in [0.25, 0.3) is 6.08 Å². The summed E-state index contributed by atoms with van der Waals surface area (Å²) < 4.78 is 12.6. The molecule has 0 radical (unpaired) electrons. The number of nitrogens with zero attached hydrogens (tertiary/aromatic N) is 1. The zero-order valence-electron chi connectivity index (χ0n) is 17.7. The first-order valence-corrected chi connectivity index (χ1v) is 12.2. The van der Waals surface area contributed by atoms with Gasteiger partial charge in [0.25, 0.3) is 11.8 Å². The summed E-state index contributed by atoms with van der Waals surface area (Å²) in [7, 11) is 0. The van der Waals surface area contributed by atoms with Gasteiger partial charge in [0.05, 0.1) is 22.6 Å². The fourth-order valence-corrected chi connectivity index (χ4v) is 4.62. The fourth-order valence-electron chi connectivity index (χ4n) is 2.86. The monoisotopic (exact) mass is 534 g/mol. The highest BCUT2D eigenvalue weighted by Crippen LogP contribution is 2.39. The van der Waals surface area contributed by atoms with Crippen molar-refractivity contribution >= 4 is 62.1 Å². The van der Waals surface area contributed by atoms with E-state index in [-0.39, 0.29) is 10.2 Å². The first kappa shape index (κ1) is 24.3. The molecule has 2 amide bonds. The molecule has 1 saturated heterocycles. The summed E-state index contributed by atoms with van der Waals surface area (Å²) in [6.07, 6.45) is 3.69. The molecule has 32 heavy (non-hydrogen) atoms. The lowest BCUT2D eigenvalue weighted by molar-refractivity contribution is -0.123. The molecule has 3 rings (SSSR count). The molecule has 1 aliphatic rings. The summed E-state index contributed by atoms with van der Waals surface area (Å²) in [6.45, 7) is 5.07. The van der Waals surface area contributed by atoms with E-state index in [0.29, 0.717) is 35.2 Å². The molecule has 0 atom stereocenters. The van der Waals surface area contributed by atoms with Crippen LogP contribution in [0.15, 0.2) is 51.8 Å². The number of amides is 2. The molecule has 0 bridgehead atoms. The Bertz CT molecular complexity index is 1040. The number of thiocarbonyl (C=S) groups is 1. The van der Waals surface area contributed by atoms with E-state index in [1.165, 1.54) is 0 Å². The number of benzene rings is 2. The number of rotatable bonds is 9. The Morgan fingerprint density at radius 2 is 1.97 bits per heavy atom. The van der Waals surface area contributed by atoms with Gasteiger partial charge in [0.15, 0.2) is 15.8 Å². The van der Waals surface area contributed by atoms with Crippen LogP contribution in [0.2, 0.25) is 0 Å². The third kappa shape index (κ3) is 5.90. The van der Waals surface area contributed by atoms with Crippen molar-refractivity contribution in [3.05, 3.63) is 63.0 Å². The Morgan fingerprint density at radius 1 is 1.22 bits per heavy atom. The van der Waals surface area contributed by atoms with Gasteiger partial charge in [-0.1, -0.05) is 43.3 Å². The first-order valence-electron chi connectivity index (χ1n) is 10.2. The van der Waals surface area contributed by atoms with Gasteiger partial charge in [-0.25, -0.2) is 0 Å². The number of hydrogen-bond acceptors (Lipinski definition) is 6. The van der Waals surface area contributed by atoms with Gasteiger partial charge in [0.2, 0.25) is 0 Å². The molecule has 0 unspecified atom stereocenters. The second kappa shape index (κ2) is 11.5. The van der Waals surface area contributed by atoms with Crippen LogP contribution < -0.4 is 14.9 Å². The number of halogens is 1. The summed E-state index contributed by atoms with van der Waals surface area (Å²) >= 11 is 9.99. The van der Waals surface area contributed by atoms with Crippen LogP contribution in [-0.4, -0.2) is 34.4 Å². The lowest BCUT2D eigenvalue weighted by Gasteiger charge is -2.15. The normalized spacial score (nSPS) is 14.7. The first-order chi connectivity index (χ1) is 15.4. The third-order valence-electron chi connectivity index (χ3n) is 4.42. The van der Waals surface area contributed by atoms with E-state index in [0.717, 1.165) is 39.6 Å². The molecule has 1 aliphatic heterocycles. The molecule has 2 aromatic rings. The molecule has 0 aromatic heterocycles. The third-order valence-corrected chi connectivity index (χ3v) is 6.31. The van der Waals surface area contributed by atoms with E-state index in [2.05, 4.69) is 28.3 Å². The minimum Gasteiger partial charge on any atom is -0.490 e. The minimum absolute atomic E-state index is 0.258. The van der Waals surface area contributed by atoms with Crippen LogP contribution in [0, 0.1) is 0 Å². The maximum atomic E-state index is 12.9. The van der Waals surface area contributed by atoms with E-state index in [9.17, 15) is 9.59 Å². The second-order valence-electron chi connectivity index (χ2n) is 6.79. The standard InChI is InChI=1S/C23H23BrN2O4S2/c1-3-5-11-30-20-17(24)12-15(13-18(20)29-4-2)14-19-22(28)26(23(31)32-19)25-21(27)16-9-7-6-8-10-16/h6-10,12-14H,3-5,11H2,1-2H3,(H,25,27)/b19-14-. The Morgan fingerprint density at radius 3 is 2.66 bits per heavy atom. The highest BCUT2D eigenvalue weighted by Gasteiger charge is 2.34. The van der Waals surface area contributed by atoms with Gasteiger partial charge in [-0.15, -0.1) is 0 Å². The molecule has 168 valence electrons. The number of carbonyl (C=O) groups excluding carboxylic acids is 2. The summed E-state index contributed by atoms with van der Waals surface area (Å²) in [4.78, 5) is 25.7. The van der Waals surface area contributed by atoms with E-state index in [4.69, 9.17) is 21.7 Å². The van der Waals surface area contributed by atoms with Crippen LogP contribution in [0.1, 0.15) is 42.6 Å². The summed E-state index contributed by atoms with van der Waals surface area (Å²) in [5.41, 5.74) is 3.77. The lowest BCUT2D eigenvalue weighted by Crippen LogP contribution is -2.44. The van der Waals surface area contributed by atoms with Gasteiger partial charge in [0.1, 0.15) is 0 Å². The number of hydrogen-bond donors (Lipinski definition) is 1. The van der Waals surface area contributed by atoms with E-state index in [1.807, 2.05) is 25.1 Å². The Labute approximate surface area is 205 Å². The zero-order valence-corrected chi connectivity index (χ0v) is 20.9. The average molecular weight is 535 g/mol.